The third kappa shape index (κ3) is 7.07. The highest BCUT2D eigenvalue weighted by Crippen LogP contribution is 2.34. The van der Waals surface area contributed by atoms with Crippen molar-refractivity contribution in [2.24, 2.45) is 5.10 Å². The van der Waals surface area contributed by atoms with Gasteiger partial charge in [-0.05, 0) is 83.9 Å². The molecule has 2 heterocycles. The van der Waals surface area contributed by atoms with E-state index in [1.54, 1.807) is 29.3 Å². The molecule has 0 fully saturated rings. The molecular formula is C34H31F2N9O. The molecule has 0 saturated carbocycles. The van der Waals surface area contributed by atoms with Crippen LogP contribution in [-0.4, -0.2) is 45.7 Å². The zero-order chi connectivity index (χ0) is 32.2. The van der Waals surface area contributed by atoms with E-state index in [0.717, 1.165) is 22.5 Å². The molecule has 0 radical (unpaired) electrons. The van der Waals surface area contributed by atoms with Gasteiger partial charge in [-0.2, -0.15) is 20.1 Å². The van der Waals surface area contributed by atoms with Crippen molar-refractivity contribution in [2.75, 3.05) is 34.9 Å². The smallest absolute Gasteiger partial charge is 0.240 e. The second-order valence-corrected chi connectivity index (χ2v) is 10.9. The van der Waals surface area contributed by atoms with E-state index >= 15 is 0 Å². The van der Waals surface area contributed by atoms with E-state index in [4.69, 9.17) is 0 Å². The number of carbonyl (C=O) groups is 1. The van der Waals surface area contributed by atoms with Gasteiger partial charge in [-0.25, -0.2) is 13.8 Å². The molecule has 0 saturated heterocycles. The summed E-state index contributed by atoms with van der Waals surface area (Å²) in [5.41, 5.74) is 5.66. The van der Waals surface area contributed by atoms with Gasteiger partial charge >= 0.3 is 0 Å². The molecule has 5 aromatic rings. The molecule has 4 aromatic carbocycles. The molecule has 1 unspecified atom stereocenters. The number of halogens is 2. The van der Waals surface area contributed by atoms with E-state index in [1.165, 1.54) is 31.2 Å². The van der Waals surface area contributed by atoms with Crippen LogP contribution in [0.15, 0.2) is 102 Å². The lowest BCUT2D eigenvalue weighted by Crippen LogP contribution is -2.24. The average molecular weight is 620 g/mol. The summed E-state index contributed by atoms with van der Waals surface area (Å²) in [5, 5.41) is 15.5. The first-order valence-electron chi connectivity index (χ1n) is 14.5. The van der Waals surface area contributed by atoms with Gasteiger partial charge in [-0.3, -0.25) is 4.79 Å². The van der Waals surface area contributed by atoms with E-state index in [-0.39, 0.29) is 41.4 Å². The second-order valence-electron chi connectivity index (χ2n) is 10.9. The Morgan fingerprint density at radius 3 is 1.54 bits per heavy atom. The van der Waals surface area contributed by atoms with Crippen LogP contribution in [-0.2, 0) is 4.79 Å². The molecule has 3 N–H and O–H groups in total. The van der Waals surface area contributed by atoms with Crippen LogP contribution >= 0.6 is 0 Å². The number of benzene rings is 4. The predicted molar refractivity (Wildman–Crippen MR) is 176 cm³/mol. The van der Waals surface area contributed by atoms with Gasteiger partial charge in [-0.1, -0.05) is 24.3 Å². The highest BCUT2D eigenvalue weighted by atomic mass is 19.1. The highest BCUT2D eigenvalue weighted by Gasteiger charge is 2.31. The van der Waals surface area contributed by atoms with E-state index < -0.39 is 0 Å². The van der Waals surface area contributed by atoms with Crippen molar-refractivity contribution < 1.29 is 13.6 Å². The molecule has 0 bridgehead atoms. The molecule has 1 atom stereocenters. The molecule has 1 aromatic heterocycles. The SMILES string of the molecule is CC(=O)N1N=C(c2ccc(Nc3nc(Nc4ccc(F)cc4)nc(Nc4ccc(F)cc4)n3)cc2)CC1c1ccc(N(C)C)cc1. The Morgan fingerprint density at radius 1 is 0.696 bits per heavy atom. The first-order chi connectivity index (χ1) is 22.2. The molecular weight excluding hydrogens is 588 g/mol. The number of hydrazone groups is 1. The fourth-order valence-electron chi connectivity index (χ4n) is 4.97. The Hall–Kier alpha value is -5.91. The fourth-order valence-corrected chi connectivity index (χ4v) is 4.97. The molecule has 10 nitrogen and oxygen atoms in total. The molecule has 12 heteroatoms. The van der Waals surface area contributed by atoms with Crippen LogP contribution < -0.4 is 20.9 Å². The normalized spacial score (nSPS) is 14.1. The van der Waals surface area contributed by atoms with Crippen molar-refractivity contribution in [3.05, 3.63) is 120 Å². The summed E-state index contributed by atoms with van der Waals surface area (Å²) in [7, 11) is 3.97. The standard InChI is InChI=1S/C34H31F2N9O/c1-21(46)45-31(23-6-18-29(19-7-23)44(2)3)20-30(43-45)22-4-12-26(13-5-22)37-32-40-33(38-27-14-8-24(35)9-15-27)42-34(41-32)39-28-16-10-25(36)11-17-28/h4-19,31H,20H2,1-3H3,(H3,37,38,39,40,41,42). The van der Waals surface area contributed by atoms with Crippen molar-refractivity contribution >= 4 is 52.2 Å². The largest absolute Gasteiger partial charge is 0.378 e. The number of rotatable bonds is 9. The maximum Gasteiger partial charge on any atom is 0.240 e. The van der Waals surface area contributed by atoms with Crippen LogP contribution in [0.1, 0.15) is 30.5 Å². The van der Waals surface area contributed by atoms with Gasteiger partial charge < -0.3 is 20.9 Å². The lowest BCUT2D eigenvalue weighted by Gasteiger charge is -2.21. The number of nitrogens with zero attached hydrogens (tertiary/aromatic N) is 6. The lowest BCUT2D eigenvalue weighted by molar-refractivity contribution is -0.130. The molecule has 46 heavy (non-hydrogen) atoms. The molecule has 6 rings (SSSR count). The van der Waals surface area contributed by atoms with E-state index in [9.17, 15) is 13.6 Å². The number of hydrogen-bond donors (Lipinski definition) is 3. The van der Waals surface area contributed by atoms with Gasteiger partial charge in [0.15, 0.2) is 0 Å². The third-order valence-corrected chi connectivity index (χ3v) is 7.34. The topological polar surface area (TPSA) is 111 Å². The predicted octanol–water partition coefficient (Wildman–Crippen LogP) is 7.14. The number of nitrogens with one attached hydrogen (secondary N) is 3. The van der Waals surface area contributed by atoms with Crippen LogP contribution in [0.2, 0.25) is 0 Å². The maximum absolute atomic E-state index is 13.4. The van der Waals surface area contributed by atoms with Crippen molar-refractivity contribution in [1.82, 2.24) is 20.0 Å². The van der Waals surface area contributed by atoms with Crippen LogP contribution in [0.25, 0.3) is 0 Å². The number of carbonyl (C=O) groups excluding carboxylic acids is 1. The van der Waals surface area contributed by atoms with Crippen molar-refractivity contribution in [3.63, 3.8) is 0 Å². The quantitative estimate of drug-likeness (QED) is 0.160. The number of amides is 1. The Labute approximate surface area is 264 Å². The van der Waals surface area contributed by atoms with Crippen LogP contribution in [0, 0.1) is 11.6 Å². The van der Waals surface area contributed by atoms with Gasteiger partial charge in [-0.15, -0.1) is 0 Å². The maximum atomic E-state index is 13.4. The monoisotopic (exact) mass is 619 g/mol. The summed E-state index contributed by atoms with van der Waals surface area (Å²) in [6.07, 6.45) is 0.581. The number of anilines is 7. The molecule has 0 aliphatic carbocycles. The van der Waals surface area contributed by atoms with E-state index in [1.807, 2.05) is 67.5 Å². The Bertz CT molecular complexity index is 1800. The number of hydrogen-bond acceptors (Lipinski definition) is 9. The Kier molecular flexibility index (Phi) is 8.50. The zero-order valence-corrected chi connectivity index (χ0v) is 25.4. The third-order valence-electron chi connectivity index (χ3n) is 7.34. The van der Waals surface area contributed by atoms with Crippen molar-refractivity contribution in [3.8, 4) is 0 Å². The minimum atomic E-state index is -0.364. The Morgan fingerprint density at radius 2 is 1.13 bits per heavy atom. The Balaban J connectivity index is 1.21. The molecule has 232 valence electrons. The summed E-state index contributed by atoms with van der Waals surface area (Å²) in [4.78, 5) is 27.9. The van der Waals surface area contributed by atoms with Gasteiger partial charge in [0.1, 0.15) is 11.6 Å². The minimum absolute atomic E-state index is 0.125. The van der Waals surface area contributed by atoms with Gasteiger partial charge in [0.25, 0.3) is 0 Å². The van der Waals surface area contributed by atoms with Gasteiger partial charge in [0, 0.05) is 50.2 Å². The van der Waals surface area contributed by atoms with Crippen molar-refractivity contribution in [1.29, 1.82) is 0 Å². The summed E-state index contributed by atoms with van der Waals surface area (Å²) in [6, 6.07) is 27.1. The number of aromatic nitrogens is 3. The summed E-state index contributed by atoms with van der Waals surface area (Å²) in [6.45, 7) is 1.52. The highest BCUT2D eigenvalue weighted by molar-refractivity contribution is 6.03. The first kappa shape index (κ1) is 30.1. The summed E-state index contributed by atoms with van der Waals surface area (Å²) in [5.74, 6) is -0.201. The van der Waals surface area contributed by atoms with E-state index in [0.29, 0.717) is 23.5 Å². The molecule has 1 aliphatic rings. The summed E-state index contributed by atoms with van der Waals surface area (Å²) >= 11 is 0. The fraction of sp³-hybridized carbons (Fsp3) is 0.147. The average Bonchev–Trinajstić information content (AvgIpc) is 3.50. The zero-order valence-electron chi connectivity index (χ0n) is 25.4. The van der Waals surface area contributed by atoms with Gasteiger partial charge in [0.2, 0.25) is 23.8 Å². The minimum Gasteiger partial charge on any atom is -0.378 e. The second kappa shape index (κ2) is 13.0. The first-order valence-corrected chi connectivity index (χ1v) is 14.5. The van der Waals surface area contributed by atoms with E-state index in [2.05, 4.69) is 36.0 Å². The van der Waals surface area contributed by atoms with Crippen molar-refractivity contribution in [2.45, 2.75) is 19.4 Å². The van der Waals surface area contributed by atoms with Crippen LogP contribution in [0.4, 0.5) is 49.4 Å². The van der Waals surface area contributed by atoms with Gasteiger partial charge in [0.05, 0.1) is 11.8 Å². The molecule has 1 amide bonds. The molecule has 0 spiro atoms. The molecule has 1 aliphatic heterocycles. The van der Waals surface area contributed by atoms with Crippen LogP contribution in [0.3, 0.4) is 0 Å². The lowest BCUT2D eigenvalue weighted by atomic mass is 9.98. The summed E-state index contributed by atoms with van der Waals surface area (Å²) < 4.78 is 26.9. The van der Waals surface area contributed by atoms with Crippen LogP contribution in [0.5, 0.6) is 0 Å².